The van der Waals surface area contributed by atoms with E-state index < -0.39 is 5.60 Å². The van der Waals surface area contributed by atoms with Crippen LogP contribution in [0.2, 0.25) is 0 Å². The molecule has 0 spiro atoms. The van der Waals surface area contributed by atoms with Crippen LogP contribution in [0.1, 0.15) is 27.2 Å². The summed E-state index contributed by atoms with van der Waals surface area (Å²) in [5, 5.41) is 0. The van der Waals surface area contributed by atoms with Crippen molar-refractivity contribution in [3.8, 4) is 0 Å². The zero-order valence-corrected chi connectivity index (χ0v) is 14.5. The minimum Gasteiger partial charge on any atom is -0.444 e. The molecule has 0 aromatic heterocycles. The molecular formula is C16H23BrN2O2. The number of nitrogens with zero attached hydrogens (tertiary/aromatic N) is 2. The average molecular weight is 355 g/mol. The number of hydrogen-bond donors (Lipinski definition) is 0. The lowest BCUT2D eigenvalue weighted by Crippen LogP contribution is -2.39. The predicted molar refractivity (Wildman–Crippen MR) is 88.8 cm³/mol. The summed E-state index contributed by atoms with van der Waals surface area (Å²) >= 11 is 3.45. The van der Waals surface area contributed by atoms with Crippen molar-refractivity contribution in [2.45, 2.75) is 32.8 Å². The zero-order chi connectivity index (χ0) is 15.5. The van der Waals surface area contributed by atoms with Crippen molar-refractivity contribution in [3.63, 3.8) is 0 Å². The summed E-state index contributed by atoms with van der Waals surface area (Å²) in [5.41, 5.74) is 0.763. The van der Waals surface area contributed by atoms with Gasteiger partial charge in [-0.15, -0.1) is 0 Å². The standard InChI is InChI=1S/C16H23BrN2O2/c1-16(2,3)21-15(20)19-10-4-9-18(11-12-19)14-7-5-13(17)6-8-14/h5-8H,4,9-12H2,1-3H3. The maximum atomic E-state index is 12.1. The van der Waals surface area contributed by atoms with Crippen LogP contribution in [0.4, 0.5) is 10.5 Å². The maximum Gasteiger partial charge on any atom is 0.410 e. The van der Waals surface area contributed by atoms with Gasteiger partial charge in [0.1, 0.15) is 5.60 Å². The van der Waals surface area contributed by atoms with Crippen LogP contribution in [-0.4, -0.2) is 42.8 Å². The average Bonchev–Trinajstić information content (AvgIpc) is 2.63. The van der Waals surface area contributed by atoms with Crippen molar-refractivity contribution >= 4 is 27.7 Å². The lowest BCUT2D eigenvalue weighted by molar-refractivity contribution is 0.0263. The third-order valence-electron chi connectivity index (χ3n) is 3.34. The number of rotatable bonds is 1. The Hall–Kier alpha value is -1.23. The van der Waals surface area contributed by atoms with Crippen LogP contribution in [0, 0.1) is 0 Å². The quantitative estimate of drug-likeness (QED) is 0.766. The maximum absolute atomic E-state index is 12.1. The fourth-order valence-electron chi connectivity index (χ4n) is 2.34. The molecule has 0 bridgehead atoms. The molecule has 1 fully saturated rings. The lowest BCUT2D eigenvalue weighted by Gasteiger charge is -2.27. The summed E-state index contributed by atoms with van der Waals surface area (Å²) in [6, 6.07) is 8.30. The molecule has 21 heavy (non-hydrogen) atoms. The van der Waals surface area contributed by atoms with Crippen LogP contribution in [0.15, 0.2) is 28.7 Å². The highest BCUT2D eigenvalue weighted by Gasteiger charge is 2.24. The SMILES string of the molecule is CC(C)(C)OC(=O)N1CCCN(c2ccc(Br)cc2)CC1. The van der Waals surface area contributed by atoms with Crippen LogP contribution in [0.5, 0.6) is 0 Å². The van der Waals surface area contributed by atoms with Crippen LogP contribution in [0.3, 0.4) is 0 Å². The highest BCUT2D eigenvalue weighted by molar-refractivity contribution is 9.10. The molecule has 1 aliphatic heterocycles. The van der Waals surface area contributed by atoms with E-state index in [1.165, 1.54) is 5.69 Å². The van der Waals surface area contributed by atoms with Crippen LogP contribution >= 0.6 is 15.9 Å². The zero-order valence-electron chi connectivity index (χ0n) is 12.9. The van der Waals surface area contributed by atoms with E-state index in [1.807, 2.05) is 37.8 Å². The highest BCUT2D eigenvalue weighted by Crippen LogP contribution is 2.20. The number of benzene rings is 1. The molecule has 0 aliphatic carbocycles. The van der Waals surface area contributed by atoms with Crippen molar-refractivity contribution in [2.24, 2.45) is 0 Å². The number of halogens is 1. The largest absolute Gasteiger partial charge is 0.444 e. The van der Waals surface area contributed by atoms with E-state index in [0.717, 1.165) is 30.5 Å². The molecule has 0 unspecified atom stereocenters. The number of amides is 1. The summed E-state index contributed by atoms with van der Waals surface area (Å²) < 4.78 is 6.53. The fourth-order valence-corrected chi connectivity index (χ4v) is 2.60. The Kier molecular flexibility index (Phi) is 5.14. The summed E-state index contributed by atoms with van der Waals surface area (Å²) in [5.74, 6) is 0. The van der Waals surface area contributed by atoms with Crippen LogP contribution < -0.4 is 4.90 Å². The summed E-state index contributed by atoms with van der Waals surface area (Å²) in [6.07, 6.45) is 0.745. The van der Waals surface area contributed by atoms with Crippen molar-refractivity contribution in [2.75, 3.05) is 31.1 Å². The Morgan fingerprint density at radius 1 is 1.10 bits per heavy atom. The number of carbonyl (C=O) groups excluding carboxylic acids is 1. The number of hydrogen-bond acceptors (Lipinski definition) is 3. The first kappa shape index (κ1) is 16.1. The monoisotopic (exact) mass is 354 g/mol. The van der Waals surface area contributed by atoms with Gasteiger partial charge in [0.25, 0.3) is 0 Å². The first-order chi connectivity index (χ1) is 9.85. The molecule has 4 nitrogen and oxygen atoms in total. The third-order valence-corrected chi connectivity index (χ3v) is 3.87. The first-order valence-corrected chi connectivity index (χ1v) is 8.13. The molecule has 2 rings (SSSR count). The smallest absolute Gasteiger partial charge is 0.410 e. The minimum absolute atomic E-state index is 0.208. The van der Waals surface area contributed by atoms with E-state index in [2.05, 4.69) is 33.0 Å². The van der Waals surface area contributed by atoms with E-state index in [0.29, 0.717) is 6.54 Å². The molecule has 0 atom stereocenters. The van der Waals surface area contributed by atoms with Gasteiger partial charge in [-0.05, 0) is 51.5 Å². The summed E-state index contributed by atoms with van der Waals surface area (Å²) in [7, 11) is 0. The van der Waals surface area contributed by atoms with Gasteiger partial charge in [-0.2, -0.15) is 0 Å². The number of carbonyl (C=O) groups is 1. The number of anilines is 1. The van der Waals surface area contributed by atoms with Gasteiger partial charge in [0, 0.05) is 36.3 Å². The van der Waals surface area contributed by atoms with Crippen molar-refractivity contribution in [3.05, 3.63) is 28.7 Å². The van der Waals surface area contributed by atoms with E-state index in [-0.39, 0.29) is 6.09 Å². The molecule has 0 radical (unpaired) electrons. The molecule has 1 aromatic rings. The van der Waals surface area contributed by atoms with E-state index in [9.17, 15) is 4.79 Å². The Morgan fingerprint density at radius 2 is 1.76 bits per heavy atom. The summed E-state index contributed by atoms with van der Waals surface area (Å²) in [4.78, 5) is 16.3. The molecule has 5 heteroatoms. The third kappa shape index (κ3) is 4.92. The van der Waals surface area contributed by atoms with Gasteiger partial charge in [0.05, 0.1) is 0 Å². The molecule has 1 amide bonds. The first-order valence-electron chi connectivity index (χ1n) is 7.33. The van der Waals surface area contributed by atoms with E-state index in [1.54, 1.807) is 0 Å². The molecule has 1 heterocycles. The molecule has 1 saturated heterocycles. The minimum atomic E-state index is -0.436. The van der Waals surface area contributed by atoms with E-state index >= 15 is 0 Å². The van der Waals surface area contributed by atoms with Gasteiger partial charge in [0.2, 0.25) is 0 Å². The molecule has 1 aromatic carbocycles. The van der Waals surface area contributed by atoms with Gasteiger partial charge < -0.3 is 14.5 Å². The topological polar surface area (TPSA) is 32.8 Å². The number of ether oxygens (including phenoxy) is 1. The normalized spacial score (nSPS) is 16.6. The van der Waals surface area contributed by atoms with Gasteiger partial charge in [-0.3, -0.25) is 0 Å². The second-order valence-corrected chi connectivity index (χ2v) is 7.20. The molecule has 0 saturated carbocycles. The van der Waals surface area contributed by atoms with Crippen LogP contribution in [0.25, 0.3) is 0 Å². The molecule has 116 valence electrons. The van der Waals surface area contributed by atoms with Gasteiger partial charge in [-0.1, -0.05) is 15.9 Å². The molecular weight excluding hydrogens is 332 g/mol. The Balaban J connectivity index is 1.95. The van der Waals surface area contributed by atoms with Gasteiger partial charge >= 0.3 is 6.09 Å². The van der Waals surface area contributed by atoms with Crippen molar-refractivity contribution < 1.29 is 9.53 Å². The second kappa shape index (κ2) is 6.69. The highest BCUT2D eigenvalue weighted by atomic mass is 79.9. The van der Waals surface area contributed by atoms with Crippen LogP contribution in [-0.2, 0) is 4.74 Å². The van der Waals surface area contributed by atoms with Gasteiger partial charge in [0.15, 0.2) is 0 Å². The second-order valence-electron chi connectivity index (χ2n) is 6.28. The fraction of sp³-hybridized carbons (Fsp3) is 0.562. The Morgan fingerprint density at radius 3 is 2.38 bits per heavy atom. The van der Waals surface area contributed by atoms with Gasteiger partial charge in [-0.25, -0.2) is 4.79 Å². The van der Waals surface area contributed by atoms with E-state index in [4.69, 9.17) is 4.74 Å². The Bertz CT molecular complexity index is 482. The Labute approximate surface area is 135 Å². The summed E-state index contributed by atoms with van der Waals surface area (Å²) in [6.45, 7) is 8.94. The van der Waals surface area contributed by atoms with Crippen molar-refractivity contribution in [1.82, 2.24) is 4.90 Å². The predicted octanol–water partition coefficient (Wildman–Crippen LogP) is 3.90. The lowest BCUT2D eigenvalue weighted by atomic mass is 10.2. The molecule has 1 aliphatic rings. The van der Waals surface area contributed by atoms with Crippen molar-refractivity contribution in [1.29, 1.82) is 0 Å². The molecule has 0 N–H and O–H groups in total.